The van der Waals surface area contributed by atoms with Gasteiger partial charge in [-0.15, -0.1) is 0 Å². The van der Waals surface area contributed by atoms with Crippen molar-refractivity contribution in [3.05, 3.63) is 78.8 Å². The van der Waals surface area contributed by atoms with Gasteiger partial charge in [0.2, 0.25) is 0 Å². The van der Waals surface area contributed by atoms with Crippen LogP contribution in [0.15, 0.2) is 67.7 Å². The Labute approximate surface area is 789 Å². The molecule has 23 nitrogen and oxygen atoms in total. The summed E-state index contributed by atoms with van der Waals surface area (Å²) in [4.78, 5) is 103. The van der Waals surface area contributed by atoms with Gasteiger partial charge < -0.3 is 47.4 Å². The van der Waals surface area contributed by atoms with E-state index >= 15 is 0 Å². The quantitative estimate of drug-likeness (QED) is 0.0146. The van der Waals surface area contributed by atoms with E-state index in [-0.39, 0.29) is 70.2 Å². The number of allylic oxidation sites excluding steroid dienone is 1. The minimum atomic E-state index is -7.98. The van der Waals surface area contributed by atoms with Gasteiger partial charge in [-0.2, -0.15) is 171 Å². The molecule has 0 N–H and O–H groups in total. The molecule has 1 aromatic carbocycles. The standard InChI is InChI=1S/C17H22O4.2C15H13F17O4.C12H20O4.C11H15F5O3.C11H18O4/c1-5-13-7-9-14(10-8-13)15(18)20-11-12-21-16(19)17(3,4)6-2;2*1-4-7(2,3)6(33)34-5-8(16,11(20,21)22)35-15(31,32)10(19,13(26,27)28)36-14(29,30)9(17,18)12(23,24)25;1-6-12(4,5)11(14)16-8-7-15-10(13)9(2)3;1-4-10(2,3)9(17)19-6-5-18-7(8(12)13)11(14,15)16;1-5-11(3,4)10(13)15-8-7-9(12)14-6-2/h5,7-10H,1,6,11-12H2,2-4H3;2*4-5H2,1-3H3;2,6-8H2,1,3-5H3;4-6H2,1-3H3;6H,2,5,7-8H2,1,3-4H3. The second-order valence-corrected chi connectivity index (χ2v) is 32.6. The number of rotatable bonds is 45. The number of ether oxygens (including phenoxy) is 14. The number of esters is 9. The molecule has 0 aliphatic rings. The molecule has 0 aliphatic carbocycles. The summed E-state index contributed by atoms with van der Waals surface area (Å²) in [5.41, 5.74) is -4.14. The Morgan fingerprint density at radius 1 is 0.315 bits per heavy atom. The molecule has 143 heavy (non-hydrogen) atoms. The van der Waals surface area contributed by atoms with Gasteiger partial charge in [0.25, 0.3) is 5.76 Å². The van der Waals surface area contributed by atoms with Crippen molar-refractivity contribution in [1.82, 2.24) is 0 Å². The summed E-state index contributed by atoms with van der Waals surface area (Å²) < 4.78 is 554. The van der Waals surface area contributed by atoms with Gasteiger partial charge in [-0.1, -0.05) is 79.5 Å². The fourth-order valence-corrected chi connectivity index (χ4v) is 7.01. The molecule has 1 aromatic rings. The highest BCUT2D eigenvalue weighted by molar-refractivity contribution is 5.89. The predicted molar refractivity (Wildman–Crippen MR) is 411 cm³/mol. The third-order valence-electron chi connectivity index (χ3n) is 18.9. The summed E-state index contributed by atoms with van der Waals surface area (Å²) in [5, 5.41) is 0. The molecule has 0 amide bonds. The minimum Gasteiger partial charge on any atom is -0.482 e. The lowest BCUT2D eigenvalue weighted by molar-refractivity contribution is -0.552. The van der Waals surface area contributed by atoms with Crippen LogP contribution in [0.4, 0.5) is 171 Å². The molecule has 0 bridgehead atoms. The number of alkyl halides is 37. The van der Waals surface area contributed by atoms with Crippen LogP contribution in [0, 0.1) is 32.5 Å². The third-order valence-corrected chi connectivity index (χ3v) is 18.9. The molecule has 1 rings (SSSR count). The van der Waals surface area contributed by atoms with Crippen LogP contribution in [-0.2, 0) is 105 Å². The molecule has 0 radical (unpaired) electrons. The lowest BCUT2D eigenvalue weighted by Crippen LogP contribution is -2.67. The molecule has 0 spiro atoms. The molecule has 0 aliphatic heterocycles. The van der Waals surface area contributed by atoms with Gasteiger partial charge >= 0.3 is 163 Å². The van der Waals surface area contributed by atoms with Gasteiger partial charge in [0.15, 0.2) is 13.2 Å². The largest absolute Gasteiger partial charge is 0.482 e. The van der Waals surface area contributed by atoms with E-state index in [1.54, 1.807) is 71.9 Å². The maximum atomic E-state index is 14.2. The average Bonchev–Trinajstić information content (AvgIpc) is 0.727. The number of halogens is 39. The van der Waals surface area contributed by atoms with Crippen molar-refractivity contribution >= 4 is 59.8 Å². The Morgan fingerprint density at radius 2 is 0.566 bits per heavy atom. The number of hydrogen-bond acceptors (Lipinski definition) is 23. The Bertz CT molecular complexity index is 4170. The number of hydrogen-bond donors (Lipinski definition) is 0. The number of carbonyl (C=O) groups is 9. The van der Waals surface area contributed by atoms with E-state index < -0.39 is 210 Å². The molecular weight excluding hydrogens is 2080 g/mol. The first-order chi connectivity index (χ1) is 63.4. The van der Waals surface area contributed by atoms with Crippen LogP contribution in [0.1, 0.15) is 192 Å². The first-order valence-electron chi connectivity index (χ1n) is 39.9. The summed E-state index contributed by atoms with van der Waals surface area (Å²) in [7, 11) is 0. The van der Waals surface area contributed by atoms with Crippen LogP contribution in [0.2, 0.25) is 0 Å². The summed E-state index contributed by atoms with van der Waals surface area (Å²) in [5.74, 6) is -53.3. The molecule has 0 saturated heterocycles. The highest BCUT2D eigenvalue weighted by Gasteiger charge is 2.87. The lowest BCUT2D eigenvalue weighted by atomic mass is 9.91. The second-order valence-electron chi connectivity index (χ2n) is 32.6. The van der Waals surface area contributed by atoms with Crippen molar-refractivity contribution in [3.63, 3.8) is 0 Å². The van der Waals surface area contributed by atoms with E-state index in [0.29, 0.717) is 36.8 Å². The van der Waals surface area contributed by atoms with E-state index in [2.05, 4.69) is 43.4 Å². The Hall–Kier alpha value is -9.68. The van der Waals surface area contributed by atoms with Crippen LogP contribution in [0.25, 0.3) is 6.08 Å². The van der Waals surface area contributed by atoms with Crippen molar-refractivity contribution in [2.24, 2.45) is 32.5 Å². The molecule has 4 atom stereocenters. The van der Waals surface area contributed by atoms with E-state index in [0.717, 1.165) is 39.5 Å². The van der Waals surface area contributed by atoms with E-state index in [1.165, 1.54) is 23.3 Å². The summed E-state index contributed by atoms with van der Waals surface area (Å²) in [6.07, 6.45) is -79.7. The Kier molecular flexibility index (Phi) is 53.1. The molecule has 0 fully saturated rings. The van der Waals surface area contributed by atoms with Crippen LogP contribution in [-0.4, -0.2) is 216 Å². The molecule has 0 saturated carbocycles. The zero-order chi connectivity index (χ0) is 115. The van der Waals surface area contributed by atoms with Gasteiger partial charge in [-0.05, 0) is 146 Å². The zero-order valence-electron chi connectivity index (χ0n) is 78.5. The fraction of sp³-hybridized carbons (Fsp3) is 0.716. The average molecular weight is 2180 g/mol. The summed E-state index contributed by atoms with van der Waals surface area (Å²) >= 11 is 0. The zero-order valence-corrected chi connectivity index (χ0v) is 78.5. The smallest absolute Gasteiger partial charge is 0.462 e. The number of carbonyl (C=O) groups excluding carboxylic acids is 9. The maximum absolute atomic E-state index is 14.2. The van der Waals surface area contributed by atoms with Crippen molar-refractivity contribution in [1.29, 1.82) is 0 Å². The van der Waals surface area contributed by atoms with Crippen LogP contribution in [0.3, 0.4) is 0 Å². The van der Waals surface area contributed by atoms with Gasteiger partial charge in [0.1, 0.15) is 46.2 Å². The SMILES string of the molecule is C=C(C)C(=O)OCCOC(=O)C(C)(C)CC.C=COC(=O)CCOC(=O)C(C)(C)CC.C=Cc1ccc(C(=O)OCCOC(=O)C(C)(C)CC)cc1.CCC(C)(C)C(=O)OCC(F)(OC(F)(F)C(F)(OC(F)(F)C(F)(F)C(F)(F)F)C(F)(F)F)C(F)(F)F.CCC(C)(C)C(=O)OCC(F)(OC(F)(F)C(F)(OC(F)(F)C(F)(F)C(F)(F)F)C(F)(F)F)C(F)(F)F.CCC(C)(C)C(=O)OCCOC(=C(F)F)C(F)(F)F. The third kappa shape index (κ3) is 42.4. The van der Waals surface area contributed by atoms with Gasteiger partial charge in [-0.3, -0.25) is 52.5 Å². The monoisotopic (exact) mass is 2180 g/mol. The van der Waals surface area contributed by atoms with Crippen molar-refractivity contribution in [2.75, 3.05) is 59.5 Å². The van der Waals surface area contributed by atoms with Gasteiger partial charge in [-0.25, -0.2) is 9.59 Å². The van der Waals surface area contributed by atoms with Crippen LogP contribution >= 0.6 is 0 Å². The Morgan fingerprint density at radius 3 is 0.790 bits per heavy atom. The molecule has 836 valence electrons. The highest BCUT2D eigenvalue weighted by atomic mass is 19.5. The van der Waals surface area contributed by atoms with E-state index in [9.17, 15) is 214 Å². The highest BCUT2D eigenvalue weighted by Crippen LogP contribution is 2.60. The maximum Gasteiger partial charge on any atom is 0.462 e. The van der Waals surface area contributed by atoms with Crippen molar-refractivity contribution < 1.29 is 281 Å². The van der Waals surface area contributed by atoms with Crippen LogP contribution in [0.5, 0.6) is 0 Å². The summed E-state index contributed by atoms with van der Waals surface area (Å²) in [6.45, 7) is 32.2. The molecule has 0 aromatic heterocycles. The van der Waals surface area contributed by atoms with Crippen molar-refractivity contribution in [3.8, 4) is 0 Å². The topological polar surface area (TPSA) is 283 Å². The normalized spacial score (nSPS) is 14.8. The summed E-state index contributed by atoms with van der Waals surface area (Å²) in [6, 6.07) is 6.91. The van der Waals surface area contributed by atoms with Crippen LogP contribution < -0.4 is 0 Å². The Balaban J connectivity index is -0.000000552. The minimum absolute atomic E-state index is 0.0492. The second kappa shape index (κ2) is 53.6. The lowest BCUT2D eigenvalue weighted by Gasteiger charge is -2.40. The molecule has 0 heterocycles. The first kappa shape index (κ1) is 142. The van der Waals surface area contributed by atoms with E-state index in [1.807, 2.05) is 57.9 Å². The first-order valence-corrected chi connectivity index (χ1v) is 39.9. The van der Waals surface area contributed by atoms with Crippen molar-refractivity contribution in [2.45, 2.75) is 279 Å². The molecular formula is C81H101F39O23. The van der Waals surface area contributed by atoms with E-state index in [4.69, 9.17) is 23.7 Å². The molecule has 4 unspecified atom stereocenters. The fourth-order valence-electron chi connectivity index (χ4n) is 7.01. The number of benzene rings is 1. The van der Waals surface area contributed by atoms with Gasteiger partial charge in [0, 0.05) is 5.57 Å². The van der Waals surface area contributed by atoms with Gasteiger partial charge in [0.05, 0.1) is 50.7 Å². The molecule has 62 heteroatoms. The predicted octanol–water partition coefficient (Wildman–Crippen LogP) is 24.9.